The summed E-state index contributed by atoms with van der Waals surface area (Å²) in [5, 5.41) is 16.2. The van der Waals surface area contributed by atoms with E-state index in [1.807, 2.05) is 26.0 Å². The van der Waals surface area contributed by atoms with Crippen LogP contribution in [0.2, 0.25) is 5.02 Å². The lowest BCUT2D eigenvalue weighted by Crippen LogP contribution is -2.23. The number of non-ortho nitro benzene ring substituents is 1. The van der Waals surface area contributed by atoms with E-state index in [2.05, 4.69) is 21.0 Å². The lowest BCUT2D eigenvalue weighted by atomic mass is 10.1. The zero-order chi connectivity index (χ0) is 25.8. The fraction of sp³-hybridized carbons (Fsp3) is 0.192. The van der Waals surface area contributed by atoms with Crippen LogP contribution in [0.5, 0.6) is 5.75 Å². The van der Waals surface area contributed by atoms with Gasteiger partial charge in [0.1, 0.15) is 18.2 Å². The van der Waals surface area contributed by atoms with Crippen molar-refractivity contribution in [1.29, 1.82) is 0 Å². The number of benzene rings is 3. The normalized spacial score (nSPS) is 12.2. The summed E-state index contributed by atoms with van der Waals surface area (Å²) in [5.41, 5.74) is 1.68. The van der Waals surface area contributed by atoms with Crippen molar-refractivity contribution in [3.05, 3.63) is 108 Å². The Kier molecular flexibility index (Phi) is 7.81. The molecule has 0 aliphatic rings. The predicted octanol–water partition coefficient (Wildman–Crippen LogP) is 6.70. The number of nitro groups is 1. The number of rotatable bonds is 8. The van der Waals surface area contributed by atoms with Crippen LogP contribution < -0.4 is 10.3 Å². The summed E-state index contributed by atoms with van der Waals surface area (Å²) >= 11 is 9.82. The first-order valence-electron chi connectivity index (χ1n) is 11.2. The second-order valence-electron chi connectivity index (χ2n) is 8.21. The molecule has 10 heteroatoms. The van der Waals surface area contributed by atoms with Gasteiger partial charge in [-0.2, -0.15) is 9.78 Å². The van der Waals surface area contributed by atoms with Crippen molar-refractivity contribution < 1.29 is 9.66 Å². The largest absolute Gasteiger partial charge is 0.487 e. The number of aromatic nitrogens is 2. The van der Waals surface area contributed by atoms with Crippen molar-refractivity contribution in [2.75, 3.05) is 0 Å². The van der Waals surface area contributed by atoms with Crippen LogP contribution in [-0.2, 0) is 6.61 Å². The van der Waals surface area contributed by atoms with E-state index >= 15 is 0 Å². The third kappa shape index (κ3) is 5.63. The van der Waals surface area contributed by atoms with Crippen LogP contribution in [0.1, 0.15) is 43.1 Å². The molecule has 0 saturated carbocycles. The molecular formula is C26H22BrClN4O4. The molecule has 0 aliphatic carbocycles. The summed E-state index contributed by atoms with van der Waals surface area (Å²) in [6.45, 7) is 4.16. The SMILES string of the molecule is CC[C@H](C)c1nc2ccc(Br)cc2c(=O)n1N=Cc1ccc(OCc2cccc([N+](=O)[O-])c2)c(Cl)c1. The Labute approximate surface area is 220 Å². The van der Waals surface area contributed by atoms with Gasteiger partial charge in [-0.3, -0.25) is 14.9 Å². The Balaban J connectivity index is 1.60. The van der Waals surface area contributed by atoms with Crippen molar-refractivity contribution in [1.82, 2.24) is 9.66 Å². The van der Waals surface area contributed by atoms with Crippen LogP contribution in [0.15, 0.2) is 75.0 Å². The molecule has 1 atom stereocenters. The van der Waals surface area contributed by atoms with E-state index in [4.69, 9.17) is 21.3 Å². The summed E-state index contributed by atoms with van der Waals surface area (Å²) in [4.78, 5) is 28.5. The van der Waals surface area contributed by atoms with Crippen LogP contribution in [0, 0.1) is 10.1 Å². The molecule has 0 N–H and O–H groups in total. The Morgan fingerprint density at radius 3 is 2.75 bits per heavy atom. The molecule has 0 saturated heterocycles. The summed E-state index contributed by atoms with van der Waals surface area (Å²) in [6.07, 6.45) is 2.35. The number of fused-ring (bicyclic) bond motifs is 1. The molecule has 4 rings (SSSR count). The molecular weight excluding hydrogens is 548 g/mol. The molecule has 0 fully saturated rings. The quantitative estimate of drug-likeness (QED) is 0.134. The Bertz CT molecular complexity index is 1540. The highest BCUT2D eigenvalue weighted by molar-refractivity contribution is 9.10. The van der Waals surface area contributed by atoms with E-state index in [0.717, 1.165) is 10.9 Å². The smallest absolute Gasteiger partial charge is 0.282 e. The highest BCUT2D eigenvalue weighted by Gasteiger charge is 2.16. The van der Waals surface area contributed by atoms with Gasteiger partial charge in [0.05, 0.1) is 27.1 Å². The highest BCUT2D eigenvalue weighted by atomic mass is 79.9. The molecule has 0 spiro atoms. The van der Waals surface area contributed by atoms with Crippen molar-refractivity contribution in [2.24, 2.45) is 5.10 Å². The standard InChI is InChI=1S/C26H22BrClN4O4/c1-3-16(2)25-30-23-9-8-19(27)13-21(23)26(33)31(25)29-14-17-7-10-24(22(28)12-17)36-15-18-5-4-6-20(11-18)32(34)35/h4-14,16H,3,15H2,1-2H3/t16-/m0/s1. The molecule has 0 radical (unpaired) electrons. The second-order valence-corrected chi connectivity index (χ2v) is 9.53. The minimum atomic E-state index is -0.452. The average molecular weight is 570 g/mol. The topological polar surface area (TPSA) is 99.6 Å². The van der Waals surface area contributed by atoms with E-state index in [-0.39, 0.29) is 23.8 Å². The molecule has 36 heavy (non-hydrogen) atoms. The van der Waals surface area contributed by atoms with Crippen molar-refractivity contribution >= 4 is 50.3 Å². The highest BCUT2D eigenvalue weighted by Crippen LogP contribution is 2.27. The summed E-state index contributed by atoms with van der Waals surface area (Å²) in [6, 6.07) is 16.8. The zero-order valence-electron chi connectivity index (χ0n) is 19.5. The van der Waals surface area contributed by atoms with Gasteiger partial charge in [0.25, 0.3) is 11.2 Å². The van der Waals surface area contributed by atoms with Crippen molar-refractivity contribution in [3.63, 3.8) is 0 Å². The molecule has 184 valence electrons. The fourth-order valence-corrected chi connectivity index (χ4v) is 4.14. The third-order valence-corrected chi connectivity index (χ3v) is 6.47. The number of nitro benzene ring substituents is 1. The molecule has 1 heterocycles. The van der Waals surface area contributed by atoms with Crippen molar-refractivity contribution in [3.8, 4) is 5.75 Å². The molecule has 0 amide bonds. The zero-order valence-corrected chi connectivity index (χ0v) is 21.9. The first-order valence-corrected chi connectivity index (χ1v) is 12.4. The Morgan fingerprint density at radius 1 is 1.22 bits per heavy atom. The van der Waals surface area contributed by atoms with E-state index in [1.54, 1.807) is 42.6 Å². The lowest BCUT2D eigenvalue weighted by Gasteiger charge is -2.14. The number of hydrogen-bond donors (Lipinski definition) is 0. The van der Waals surface area contributed by atoms with Crippen LogP contribution in [-0.4, -0.2) is 20.8 Å². The van der Waals surface area contributed by atoms with E-state index in [0.29, 0.717) is 38.6 Å². The minimum Gasteiger partial charge on any atom is -0.487 e. The number of nitrogens with zero attached hydrogens (tertiary/aromatic N) is 4. The van der Waals surface area contributed by atoms with Crippen LogP contribution in [0.25, 0.3) is 10.9 Å². The van der Waals surface area contributed by atoms with Gasteiger partial charge in [0, 0.05) is 22.5 Å². The predicted molar refractivity (Wildman–Crippen MR) is 144 cm³/mol. The molecule has 0 aliphatic heterocycles. The van der Waals surface area contributed by atoms with Gasteiger partial charge in [-0.25, -0.2) is 4.98 Å². The number of hydrogen-bond acceptors (Lipinski definition) is 6. The summed E-state index contributed by atoms with van der Waals surface area (Å²) in [7, 11) is 0. The third-order valence-electron chi connectivity index (χ3n) is 5.68. The summed E-state index contributed by atoms with van der Waals surface area (Å²) < 4.78 is 7.87. The van der Waals surface area contributed by atoms with Crippen LogP contribution in [0.4, 0.5) is 5.69 Å². The van der Waals surface area contributed by atoms with Gasteiger partial charge in [-0.1, -0.05) is 53.5 Å². The van der Waals surface area contributed by atoms with E-state index in [9.17, 15) is 14.9 Å². The average Bonchev–Trinajstić information content (AvgIpc) is 2.87. The van der Waals surface area contributed by atoms with Crippen LogP contribution in [0.3, 0.4) is 0 Å². The van der Waals surface area contributed by atoms with Gasteiger partial charge in [-0.15, -0.1) is 0 Å². The second kappa shape index (κ2) is 11.0. The van der Waals surface area contributed by atoms with Gasteiger partial charge in [0.15, 0.2) is 0 Å². The van der Waals surface area contributed by atoms with Crippen molar-refractivity contribution in [2.45, 2.75) is 32.8 Å². The first kappa shape index (κ1) is 25.5. The van der Waals surface area contributed by atoms with E-state index < -0.39 is 4.92 Å². The number of ether oxygens (including phenoxy) is 1. The lowest BCUT2D eigenvalue weighted by molar-refractivity contribution is -0.384. The van der Waals surface area contributed by atoms with Gasteiger partial charge in [0.2, 0.25) is 0 Å². The maximum Gasteiger partial charge on any atom is 0.282 e. The molecule has 8 nitrogen and oxygen atoms in total. The fourth-order valence-electron chi connectivity index (χ4n) is 3.54. The Hall–Kier alpha value is -3.56. The molecule has 4 aromatic rings. The van der Waals surface area contributed by atoms with E-state index in [1.165, 1.54) is 16.8 Å². The molecule has 0 bridgehead atoms. The van der Waals surface area contributed by atoms with Crippen LogP contribution >= 0.6 is 27.5 Å². The molecule has 0 unspecified atom stereocenters. The maximum absolute atomic E-state index is 13.3. The Morgan fingerprint density at radius 2 is 2.03 bits per heavy atom. The van der Waals surface area contributed by atoms with Gasteiger partial charge in [-0.05, 0) is 53.9 Å². The summed E-state index contributed by atoms with van der Waals surface area (Å²) in [5.74, 6) is 1.03. The maximum atomic E-state index is 13.3. The van der Waals surface area contributed by atoms with Gasteiger partial charge < -0.3 is 4.74 Å². The number of halogens is 2. The molecule has 1 aromatic heterocycles. The monoisotopic (exact) mass is 568 g/mol. The minimum absolute atomic E-state index is 0.00343. The molecule has 3 aromatic carbocycles. The first-order chi connectivity index (χ1) is 17.3. The van der Waals surface area contributed by atoms with Gasteiger partial charge >= 0.3 is 0 Å².